The zero-order valence-electron chi connectivity index (χ0n) is 14.5. The molecule has 0 unspecified atom stereocenters. The molecule has 2 fully saturated rings. The normalized spacial score (nSPS) is 30.0. The number of carbonyl (C=O) groups is 3. The van der Waals surface area contributed by atoms with Crippen molar-refractivity contribution < 1.29 is 18.8 Å². The summed E-state index contributed by atoms with van der Waals surface area (Å²) in [6.45, 7) is 0.449. The lowest BCUT2D eigenvalue weighted by molar-refractivity contribution is -0.129. The maximum absolute atomic E-state index is 13.6. The van der Waals surface area contributed by atoms with E-state index in [4.69, 9.17) is 4.42 Å². The molecule has 2 spiro atoms. The van der Waals surface area contributed by atoms with E-state index in [9.17, 15) is 14.4 Å². The number of hydrogen-bond donors (Lipinski definition) is 0. The number of rotatable bonds is 1. The minimum absolute atomic E-state index is 0.0118. The molecule has 5 nitrogen and oxygen atoms in total. The topological polar surface area (TPSA) is 67.6 Å². The number of Topliss-reactive ketones (excluding diaryl/α,β-unsaturated/α-hetero) is 3. The third-order valence-electron chi connectivity index (χ3n) is 6.70. The van der Waals surface area contributed by atoms with Crippen LogP contribution < -0.4 is 0 Å². The Labute approximate surface area is 151 Å². The number of ketones is 3. The zero-order chi connectivity index (χ0) is 18.1. The van der Waals surface area contributed by atoms with Crippen molar-refractivity contribution in [3.63, 3.8) is 0 Å². The summed E-state index contributed by atoms with van der Waals surface area (Å²) in [7, 11) is 1.79. The van der Waals surface area contributed by atoms with Crippen LogP contribution in [0.1, 0.15) is 51.7 Å². The number of hydrogen-bond acceptors (Lipinski definition) is 5. The third-order valence-corrected chi connectivity index (χ3v) is 6.70. The largest absolute Gasteiger partial charge is 0.469 e. The Morgan fingerprint density at radius 3 is 2.27 bits per heavy atom. The zero-order valence-corrected chi connectivity index (χ0v) is 14.5. The van der Waals surface area contributed by atoms with Gasteiger partial charge in [0, 0.05) is 30.0 Å². The van der Waals surface area contributed by atoms with E-state index in [-0.39, 0.29) is 23.3 Å². The fourth-order valence-corrected chi connectivity index (χ4v) is 5.75. The van der Waals surface area contributed by atoms with Crippen molar-refractivity contribution in [2.45, 2.75) is 30.7 Å². The molecule has 1 aliphatic heterocycles. The molecule has 2 aliphatic carbocycles. The number of carbonyl (C=O) groups excluding carboxylic acids is 3. The van der Waals surface area contributed by atoms with Crippen LogP contribution in [-0.4, -0.2) is 41.4 Å². The van der Waals surface area contributed by atoms with Crippen LogP contribution in [0.25, 0.3) is 0 Å². The minimum atomic E-state index is -1.44. The summed E-state index contributed by atoms with van der Waals surface area (Å²) in [4.78, 5) is 42.3. The molecule has 5 heteroatoms. The molecule has 3 aliphatic rings. The van der Waals surface area contributed by atoms with Crippen molar-refractivity contribution in [2.75, 3.05) is 13.6 Å². The van der Waals surface area contributed by atoms with Gasteiger partial charge in [0.25, 0.3) is 0 Å². The fraction of sp³-hybridized carbons (Fsp3) is 0.381. The second-order valence-corrected chi connectivity index (χ2v) is 7.61. The van der Waals surface area contributed by atoms with Crippen LogP contribution >= 0.6 is 0 Å². The van der Waals surface area contributed by atoms with E-state index < -0.39 is 11.0 Å². The van der Waals surface area contributed by atoms with E-state index in [0.29, 0.717) is 42.7 Å². The predicted octanol–water partition coefficient (Wildman–Crippen LogP) is 2.87. The van der Waals surface area contributed by atoms with E-state index >= 15 is 0 Å². The summed E-state index contributed by atoms with van der Waals surface area (Å²) in [6, 6.07) is 10.6. The molecule has 2 heterocycles. The molecule has 1 aromatic carbocycles. The van der Waals surface area contributed by atoms with Crippen LogP contribution in [0.4, 0.5) is 0 Å². The highest BCUT2D eigenvalue weighted by Crippen LogP contribution is 2.63. The fourth-order valence-electron chi connectivity index (χ4n) is 5.75. The standard InChI is InChI=1S/C21H19NO4/c1-22-12-15(16-8-5-11-26-16)20(10-4-9-17(20)23)21(22)18(24)13-6-2-3-7-14(13)19(21)25/h2-3,5-8,11,15H,4,9-10,12H2,1H3/t15-,20+/m0/s1. The first-order valence-electron chi connectivity index (χ1n) is 9.01. The van der Waals surface area contributed by atoms with Crippen LogP contribution in [0.15, 0.2) is 47.1 Å². The van der Waals surface area contributed by atoms with E-state index in [2.05, 4.69) is 0 Å². The van der Waals surface area contributed by atoms with Crippen molar-refractivity contribution in [1.29, 1.82) is 0 Å². The lowest BCUT2D eigenvalue weighted by Crippen LogP contribution is -2.62. The Morgan fingerprint density at radius 2 is 1.73 bits per heavy atom. The van der Waals surface area contributed by atoms with Crippen molar-refractivity contribution in [3.8, 4) is 0 Å². The van der Waals surface area contributed by atoms with Crippen LogP contribution in [0.3, 0.4) is 0 Å². The molecule has 1 saturated heterocycles. The highest BCUT2D eigenvalue weighted by atomic mass is 16.3. The first kappa shape index (κ1) is 15.7. The number of furan rings is 1. The van der Waals surface area contributed by atoms with Crippen molar-refractivity contribution in [2.24, 2.45) is 5.41 Å². The summed E-state index contributed by atoms with van der Waals surface area (Å²) < 4.78 is 5.65. The van der Waals surface area contributed by atoms with Gasteiger partial charge in [0.2, 0.25) is 0 Å². The maximum atomic E-state index is 13.6. The second kappa shape index (κ2) is 5.01. The summed E-state index contributed by atoms with van der Waals surface area (Å²) in [6.07, 6.45) is 3.22. The van der Waals surface area contributed by atoms with Gasteiger partial charge in [-0.05, 0) is 32.0 Å². The molecule has 1 aromatic heterocycles. The molecular formula is C21H19NO4. The van der Waals surface area contributed by atoms with Gasteiger partial charge >= 0.3 is 0 Å². The summed E-state index contributed by atoms with van der Waals surface area (Å²) >= 11 is 0. The van der Waals surface area contributed by atoms with Crippen molar-refractivity contribution >= 4 is 17.3 Å². The SMILES string of the molecule is CN1C[C@@H](c2ccco2)[C@@]2(CCCC2=O)C12C(=O)c1ccccc1C2=O. The number of nitrogens with zero attached hydrogens (tertiary/aromatic N) is 1. The molecule has 2 atom stereocenters. The van der Waals surface area contributed by atoms with Gasteiger partial charge in [0.1, 0.15) is 11.5 Å². The molecular weight excluding hydrogens is 330 g/mol. The molecule has 0 amide bonds. The Morgan fingerprint density at radius 1 is 1.04 bits per heavy atom. The van der Waals surface area contributed by atoms with E-state index in [1.54, 1.807) is 43.6 Å². The van der Waals surface area contributed by atoms with Gasteiger partial charge in [-0.15, -0.1) is 0 Å². The summed E-state index contributed by atoms with van der Waals surface area (Å²) in [5.41, 5.74) is -1.62. The minimum Gasteiger partial charge on any atom is -0.469 e. The smallest absolute Gasteiger partial charge is 0.192 e. The Bertz CT molecular complexity index is 910. The highest BCUT2D eigenvalue weighted by Gasteiger charge is 2.77. The van der Waals surface area contributed by atoms with Gasteiger partial charge in [-0.1, -0.05) is 24.3 Å². The molecule has 2 aromatic rings. The third kappa shape index (κ3) is 1.50. The van der Waals surface area contributed by atoms with Gasteiger partial charge in [0.05, 0.1) is 11.7 Å². The highest BCUT2D eigenvalue weighted by molar-refractivity contribution is 6.35. The van der Waals surface area contributed by atoms with E-state index in [0.717, 1.165) is 0 Å². The first-order valence-corrected chi connectivity index (χ1v) is 9.01. The lowest BCUT2D eigenvalue weighted by Gasteiger charge is -2.41. The van der Waals surface area contributed by atoms with Gasteiger partial charge in [-0.3, -0.25) is 19.3 Å². The molecule has 26 heavy (non-hydrogen) atoms. The van der Waals surface area contributed by atoms with E-state index in [1.165, 1.54) is 0 Å². The van der Waals surface area contributed by atoms with Gasteiger partial charge in [0.15, 0.2) is 17.1 Å². The number of fused-ring (bicyclic) bond motifs is 2. The summed E-state index contributed by atoms with van der Waals surface area (Å²) in [5, 5.41) is 0. The lowest BCUT2D eigenvalue weighted by atomic mass is 9.60. The Hall–Kier alpha value is -2.53. The molecule has 0 radical (unpaired) electrons. The van der Waals surface area contributed by atoms with Crippen LogP contribution in [-0.2, 0) is 4.79 Å². The van der Waals surface area contributed by atoms with Crippen LogP contribution in [0, 0.1) is 5.41 Å². The van der Waals surface area contributed by atoms with Gasteiger partial charge < -0.3 is 4.42 Å². The molecule has 132 valence electrons. The number of likely N-dealkylation sites (tertiary alicyclic amines) is 1. The monoisotopic (exact) mass is 349 g/mol. The van der Waals surface area contributed by atoms with Gasteiger partial charge in [-0.25, -0.2) is 0 Å². The number of likely N-dealkylation sites (N-methyl/N-ethyl adjacent to an activating group) is 1. The van der Waals surface area contributed by atoms with Crippen molar-refractivity contribution in [3.05, 3.63) is 59.5 Å². The molecule has 1 saturated carbocycles. The first-order chi connectivity index (χ1) is 12.5. The van der Waals surface area contributed by atoms with Crippen LogP contribution in [0.5, 0.6) is 0 Å². The Kier molecular flexibility index (Phi) is 3.03. The second-order valence-electron chi connectivity index (χ2n) is 7.61. The van der Waals surface area contributed by atoms with Gasteiger partial charge in [-0.2, -0.15) is 0 Å². The quantitative estimate of drug-likeness (QED) is 0.741. The van der Waals surface area contributed by atoms with Crippen LogP contribution in [0.2, 0.25) is 0 Å². The predicted molar refractivity (Wildman–Crippen MR) is 93.2 cm³/mol. The Balaban J connectivity index is 1.80. The molecule has 0 bridgehead atoms. The molecule has 0 N–H and O–H groups in total. The summed E-state index contributed by atoms with van der Waals surface area (Å²) in [5.74, 6) is -0.0622. The average Bonchev–Trinajstić information content (AvgIpc) is 3.38. The van der Waals surface area contributed by atoms with Crippen molar-refractivity contribution in [1.82, 2.24) is 4.90 Å². The molecule has 5 rings (SSSR count). The van der Waals surface area contributed by atoms with E-state index in [1.807, 2.05) is 11.0 Å². The average molecular weight is 349 g/mol. The number of benzene rings is 1. The maximum Gasteiger partial charge on any atom is 0.192 e.